The maximum atomic E-state index is 11.9. The minimum absolute atomic E-state index is 0.255. The fourth-order valence-corrected chi connectivity index (χ4v) is 5.10. The van der Waals surface area contributed by atoms with Crippen LogP contribution in [0.2, 0.25) is 0 Å². The molecule has 0 saturated carbocycles. The van der Waals surface area contributed by atoms with Crippen molar-refractivity contribution in [2.75, 3.05) is 31.3 Å². The minimum atomic E-state index is -0.255. The van der Waals surface area contributed by atoms with Gasteiger partial charge in [0.25, 0.3) is 5.91 Å². The van der Waals surface area contributed by atoms with Crippen LogP contribution in [0.4, 0.5) is 5.82 Å². The molecule has 0 aliphatic carbocycles. The van der Waals surface area contributed by atoms with Crippen LogP contribution in [-0.2, 0) is 11.8 Å². The van der Waals surface area contributed by atoms with Gasteiger partial charge < -0.3 is 9.80 Å². The van der Waals surface area contributed by atoms with E-state index in [4.69, 9.17) is 11.4 Å². The number of aryl methyl sites for hydroxylation is 1. The Labute approximate surface area is 208 Å². The lowest BCUT2D eigenvalue weighted by molar-refractivity contribution is -0.124. The zero-order chi connectivity index (χ0) is 24.8. The second-order valence-electron chi connectivity index (χ2n) is 9.16. The first-order chi connectivity index (χ1) is 17.5. The lowest BCUT2D eigenvalue weighted by Gasteiger charge is -2.37. The van der Waals surface area contributed by atoms with E-state index in [-0.39, 0.29) is 5.91 Å². The van der Waals surface area contributed by atoms with Crippen molar-refractivity contribution in [2.45, 2.75) is 12.5 Å². The van der Waals surface area contributed by atoms with Crippen LogP contribution < -0.4 is 4.90 Å². The zero-order valence-corrected chi connectivity index (χ0v) is 19.7. The monoisotopic (exact) mass is 477 g/mol. The zero-order valence-electron chi connectivity index (χ0n) is 19.7. The molecule has 6 heterocycles. The maximum absolute atomic E-state index is 11.9. The van der Waals surface area contributed by atoms with Crippen molar-refractivity contribution in [3.63, 3.8) is 0 Å². The fraction of sp³-hybridized carbons (Fsp3) is 0.269. The van der Waals surface area contributed by atoms with E-state index in [9.17, 15) is 10.1 Å². The van der Waals surface area contributed by atoms with Gasteiger partial charge in [0.1, 0.15) is 11.9 Å². The Bertz CT molecular complexity index is 1550. The van der Waals surface area contributed by atoms with Gasteiger partial charge in [-0.15, -0.1) is 6.42 Å². The number of terminal acetylenes is 1. The van der Waals surface area contributed by atoms with E-state index in [1.54, 1.807) is 26.5 Å². The summed E-state index contributed by atoms with van der Waals surface area (Å²) in [5, 5.41) is 18.4. The number of hydrogen-bond donors (Lipinski definition) is 0. The highest BCUT2D eigenvalue weighted by molar-refractivity contribution is 5.93. The number of nitriles is 1. The van der Waals surface area contributed by atoms with Crippen LogP contribution in [0.3, 0.4) is 0 Å². The Balaban J connectivity index is 1.31. The van der Waals surface area contributed by atoms with E-state index < -0.39 is 0 Å². The second-order valence-corrected chi connectivity index (χ2v) is 9.16. The highest BCUT2D eigenvalue weighted by atomic mass is 16.2. The number of carbonyl (C=O) groups excluding carboxylic acids is 1. The lowest BCUT2D eigenvalue weighted by Crippen LogP contribution is -2.48. The summed E-state index contributed by atoms with van der Waals surface area (Å²) in [6.45, 7) is 2.76. The molecule has 2 saturated heterocycles. The van der Waals surface area contributed by atoms with E-state index in [2.05, 4.69) is 38.1 Å². The number of rotatable bonds is 3. The first-order valence-electron chi connectivity index (χ1n) is 11.7. The summed E-state index contributed by atoms with van der Waals surface area (Å²) >= 11 is 0. The average molecular weight is 478 g/mol. The van der Waals surface area contributed by atoms with Crippen molar-refractivity contribution >= 4 is 17.2 Å². The standard InChI is InChI=1S/C26H23N9O/c1-3-25(36)33-15-22-6-7-32(16-34(22)17-33)24-5-4-18(10-28-24)23-8-19(21-12-29-31(2)13-21)14-35-26(23)20(9-27)11-30-35/h1,4-5,8,10-14,22H,6-7,15-17H2,2H3. The predicted octanol–water partition coefficient (Wildman–Crippen LogP) is 1.94. The Kier molecular flexibility index (Phi) is 5.17. The van der Waals surface area contributed by atoms with Crippen molar-refractivity contribution < 1.29 is 4.79 Å². The first kappa shape index (κ1) is 21.8. The van der Waals surface area contributed by atoms with Gasteiger partial charge in [0, 0.05) is 67.0 Å². The van der Waals surface area contributed by atoms with Crippen molar-refractivity contribution in [2.24, 2.45) is 7.05 Å². The SMILES string of the molecule is C#CC(=O)N1CC2CCN(c3ccc(-c4cc(-c5cnn(C)c5)cn5ncc(C#N)c45)cn3)CN2C1. The third-order valence-corrected chi connectivity index (χ3v) is 6.95. The van der Waals surface area contributed by atoms with Crippen molar-refractivity contribution in [1.82, 2.24) is 34.2 Å². The quantitative estimate of drug-likeness (QED) is 0.416. The average Bonchev–Trinajstić information content (AvgIpc) is 3.65. The van der Waals surface area contributed by atoms with E-state index in [0.717, 1.165) is 46.6 Å². The summed E-state index contributed by atoms with van der Waals surface area (Å²) in [7, 11) is 1.88. The van der Waals surface area contributed by atoms with E-state index in [1.807, 2.05) is 37.8 Å². The molecule has 6 rings (SSSR count). The van der Waals surface area contributed by atoms with Crippen molar-refractivity contribution in [3.05, 3.63) is 54.7 Å². The number of amides is 1. The van der Waals surface area contributed by atoms with Gasteiger partial charge in [0.15, 0.2) is 0 Å². The molecule has 178 valence electrons. The smallest absolute Gasteiger partial charge is 0.299 e. The van der Waals surface area contributed by atoms with Crippen LogP contribution in [0, 0.1) is 23.7 Å². The van der Waals surface area contributed by atoms with Crippen LogP contribution in [0.25, 0.3) is 27.8 Å². The molecule has 1 amide bonds. The summed E-state index contributed by atoms with van der Waals surface area (Å²) in [6.07, 6.45) is 15.3. The minimum Gasteiger partial charge on any atom is -0.343 e. The summed E-state index contributed by atoms with van der Waals surface area (Å²) in [5.41, 5.74) is 4.94. The third kappa shape index (κ3) is 3.65. The fourth-order valence-electron chi connectivity index (χ4n) is 5.10. The summed E-state index contributed by atoms with van der Waals surface area (Å²) in [5.74, 6) is 2.83. The van der Waals surface area contributed by atoms with Gasteiger partial charge >= 0.3 is 0 Å². The highest BCUT2D eigenvalue weighted by Gasteiger charge is 2.36. The molecule has 4 aromatic heterocycles. The molecule has 1 atom stereocenters. The number of aromatic nitrogens is 5. The molecule has 1 unspecified atom stereocenters. The van der Waals surface area contributed by atoms with Crippen LogP contribution >= 0.6 is 0 Å². The Hall–Kier alpha value is -4.67. The van der Waals surface area contributed by atoms with Crippen LogP contribution in [0.5, 0.6) is 0 Å². The largest absolute Gasteiger partial charge is 0.343 e. The number of hydrogen-bond acceptors (Lipinski definition) is 7. The Morgan fingerprint density at radius 3 is 2.72 bits per heavy atom. The molecule has 0 aromatic carbocycles. The number of anilines is 1. The van der Waals surface area contributed by atoms with Crippen molar-refractivity contribution in [3.8, 4) is 40.7 Å². The molecule has 0 bridgehead atoms. The first-order valence-corrected chi connectivity index (χ1v) is 11.7. The van der Waals surface area contributed by atoms with E-state index >= 15 is 0 Å². The number of pyridine rings is 2. The topological polar surface area (TPSA) is 98.6 Å². The summed E-state index contributed by atoms with van der Waals surface area (Å²) in [6, 6.07) is 8.67. The molecule has 4 aromatic rings. The van der Waals surface area contributed by atoms with Crippen LogP contribution in [0.1, 0.15) is 12.0 Å². The molecular formula is C26H23N9O. The van der Waals surface area contributed by atoms with Gasteiger partial charge in [0.2, 0.25) is 0 Å². The lowest BCUT2D eigenvalue weighted by atomic mass is 10.0. The normalized spacial score (nSPS) is 17.7. The van der Waals surface area contributed by atoms with Gasteiger partial charge in [-0.2, -0.15) is 15.5 Å². The molecule has 10 heteroatoms. The van der Waals surface area contributed by atoms with E-state index in [1.165, 1.54) is 0 Å². The molecule has 0 N–H and O–H groups in total. The molecule has 36 heavy (non-hydrogen) atoms. The number of nitrogens with zero attached hydrogens (tertiary/aromatic N) is 9. The third-order valence-electron chi connectivity index (χ3n) is 6.95. The summed E-state index contributed by atoms with van der Waals surface area (Å²) in [4.78, 5) is 22.9. The van der Waals surface area contributed by atoms with Crippen molar-refractivity contribution in [1.29, 1.82) is 5.26 Å². The maximum Gasteiger partial charge on any atom is 0.299 e. The number of carbonyl (C=O) groups is 1. The molecule has 2 aliphatic rings. The van der Waals surface area contributed by atoms with Gasteiger partial charge in [-0.05, 0) is 30.5 Å². The second kappa shape index (κ2) is 8.52. The molecule has 0 radical (unpaired) electrons. The molecule has 0 spiro atoms. The molecule has 10 nitrogen and oxygen atoms in total. The van der Waals surface area contributed by atoms with Crippen LogP contribution in [0.15, 0.2) is 49.2 Å². The number of fused-ring (bicyclic) bond motifs is 2. The highest BCUT2D eigenvalue weighted by Crippen LogP contribution is 2.33. The van der Waals surface area contributed by atoms with Gasteiger partial charge in [0.05, 0.1) is 36.8 Å². The molecule has 2 fully saturated rings. The van der Waals surface area contributed by atoms with Gasteiger partial charge in [-0.3, -0.25) is 14.4 Å². The van der Waals surface area contributed by atoms with Gasteiger partial charge in [-0.25, -0.2) is 9.50 Å². The predicted molar refractivity (Wildman–Crippen MR) is 133 cm³/mol. The van der Waals surface area contributed by atoms with E-state index in [0.29, 0.717) is 31.5 Å². The Morgan fingerprint density at radius 1 is 1.11 bits per heavy atom. The van der Waals surface area contributed by atoms with Crippen LogP contribution in [-0.4, -0.2) is 72.6 Å². The molecule has 2 aliphatic heterocycles. The molecular weight excluding hydrogens is 454 g/mol. The van der Waals surface area contributed by atoms with Gasteiger partial charge in [-0.1, -0.05) is 0 Å². The summed E-state index contributed by atoms with van der Waals surface area (Å²) < 4.78 is 3.50. The Morgan fingerprint density at radius 2 is 2.00 bits per heavy atom.